The van der Waals surface area contributed by atoms with Crippen molar-refractivity contribution in [1.82, 2.24) is 0 Å². The summed E-state index contributed by atoms with van der Waals surface area (Å²) >= 11 is 0. The van der Waals surface area contributed by atoms with Crippen molar-refractivity contribution in [2.45, 2.75) is 12.8 Å². The normalized spacial score (nSPS) is 15.3. The Morgan fingerprint density at radius 1 is 1.04 bits per heavy atom. The molecule has 1 N–H and O–H groups in total. The van der Waals surface area contributed by atoms with Gasteiger partial charge in [0.05, 0.1) is 11.5 Å². The number of nitrogens with one attached hydrogen (secondary N) is 1. The number of benzene rings is 3. The number of Topliss-reactive ketones (excluding diaryl/α,β-unsaturated/α-hetero) is 1. The van der Waals surface area contributed by atoms with Crippen LogP contribution in [-0.4, -0.2) is 24.3 Å². The first-order valence-corrected chi connectivity index (χ1v) is 8.67. The summed E-state index contributed by atoms with van der Waals surface area (Å²) in [5.41, 5.74) is 2.35. The van der Waals surface area contributed by atoms with E-state index in [4.69, 9.17) is 4.74 Å². The first-order chi connectivity index (χ1) is 13.0. The van der Waals surface area contributed by atoms with Crippen LogP contribution in [0.25, 0.3) is 10.8 Å². The first kappa shape index (κ1) is 17.0. The van der Waals surface area contributed by atoms with Gasteiger partial charge in [0.25, 0.3) is 0 Å². The SMILES string of the molecule is C[C@@H]1C(=O)Nc2ccc(C(=O)COC(=O)c3cccc4ccccc34)cc21. The summed E-state index contributed by atoms with van der Waals surface area (Å²) in [6, 6.07) is 17.9. The van der Waals surface area contributed by atoms with E-state index in [-0.39, 0.29) is 24.2 Å². The fourth-order valence-electron chi connectivity index (χ4n) is 3.29. The van der Waals surface area contributed by atoms with E-state index in [1.807, 2.05) is 30.3 Å². The molecule has 1 atom stereocenters. The molecule has 4 rings (SSSR count). The van der Waals surface area contributed by atoms with E-state index in [0.717, 1.165) is 22.0 Å². The number of rotatable bonds is 4. The average Bonchev–Trinajstić information content (AvgIpc) is 2.98. The van der Waals surface area contributed by atoms with Gasteiger partial charge in [-0.1, -0.05) is 36.4 Å². The summed E-state index contributed by atoms with van der Waals surface area (Å²) < 4.78 is 5.25. The van der Waals surface area contributed by atoms with Crippen molar-refractivity contribution in [1.29, 1.82) is 0 Å². The summed E-state index contributed by atoms with van der Waals surface area (Å²) in [5.74, 6) is -1.23. The van der Waals surface area contributed by atoms with Gasteiger partial charge >= 0.3 is 5.97 Å². The molecular weight excluding hydrogens is 342 g/mol. The van der Waals surface area contributed by atoms with Crippen molar-refractivity contribution in [3.05, 3.63) is 77.4 Å². The molecule has 1 heterocycles. The molecule has 0 fully saturated rings. The molecule has 134 valence electrons. The maximum Gasteiger partial charge on any atom is 0.339 e. The Kier molecular flexibility index (Phi) is 4.20. The number of ether oxygens (including phenoxy) is 1. The third kappa shape index (κ3) is 3.08. The highest BCUT2D eigenvalue weighted by molar-refractivity contribution is 6.07. The fourth-order valence-corrected chi connectivity index (χ4v) is 3.29. The molecule has 5 nitrogen and oxygen atoms in total. The molecule has 27 heavy (non-hydrogen) atoms. The lowest BCUT2D eigenvalue weighted by molar-refractivity contribution is -0.116. The molecule has 3 aromatic carbocycles. The molecule has 1 aliphatic rings. The van der Waals surface area contributed by atoms with Crippen LogP contribution in [0.15, 0.2) is 60.7 Å². The zero-order valence-corrected chi connectivity index (χ0v) is 14.7. The number of carbonyl (C=O) groups excluding carboxylic acids is 3. The number of ketones is 1. The van der Waals surface area contributed by atoms with Gasteiger partial charge < -0.3 is 10.1 Å². The third-order valence-corrected chi connectivity index (χ3v) is 4.84. The Balaban J connectivity index is 1.50. The predicted molar refractivity (Wildman–Crippen MR) is 102 cm³/mol. The van der Waals surface area contributed by atoms with E-state index in [9.17, 15) is 14.4 Å². The van der Waals surface area contributed by atoms with Crippen LogP contribution >= 0.6 is 0 Å². The highest BCUT2D eigenvalue weighted by Gasteiger charge is 2.27. The predicted octanol–water partition coefficient (Wildman–Crippen LogP) is 3.94. The fraction of sp³-hybridized carbons (Fsp3) is 0.136. The molecule has 3 aromatic rings. The Hall–Kier alpha value is -3.47. The molecule has 1 aliphatic heterocycles. The van der Waals surface area contributed by atoms with Crippen molar-refractivity contribution >= 4 is 34.1 Å². The van der Waals surface area contributed by atoms with Gasteiger partial charge in [0.15, 0.2) is 12.4 Å². The zero-order chi connectivity index (χ0) is 19.0. The Labute approximate surface area is 156 Å². The second kappa shape index (κ2) is 6.68. The smallest absolute Gasteiger partial charge is 0.339 e. The molecule has 0 saturated heterocycles. The second-order valence-electron chi connectivity index (χ2n) is 6.54. The van der Waals surface area contributed by atoms with Crippen LogP contribution in [0, 0.1) is 0 Å². The van der Waals surface area contributed by atoms with Gasteiger partial charge in [0.2, 0.25) is 5.91 Å². The van der Waals surface area contributed by atoms with Crippen molar-refractivity contribution in [3.8, 4) is 0 Å². The average molecular weight is 359 g/mol. The number of amides is 1. The third-order valence-electron chi connectivity index (χ3n) is 4.84. The summed E-state index contributed by atoms with van der Waals surface area (Å²) in [7, 11) is 0. The van der Waals surface area contributed by atoms with Gasteiger partial charge in [-0.2, -0.15) is 0 Å². The van der Waals surface area contributed by atoms with Crippen LogP contribution in [-0.2, 0) is 9.53 Å². The van der Waals surface area contributed by atoms with E-state index in [1.165, 1.54) is 0 Å². The molecule has 1 amide bonds. The molecule has 5 heteroatoms. The lowest BCUT2D eigenvalue weighted by atomic mass is 9.99. The van der Waals surface area contributed by atoms with E-state index < -0.39 is 5.97 Å². The summed E-state index contributed by atoms with van der Waals surface area (Å²) in [4.78, 5) is 36.6. The monoisotopic (exact) mass is 359 g/mol. The standard InChI is InChI=1S/C22H17NO4/c1-13-18-11-15(9-10-19(18)23-21(13)25)20(24)12-27-22(26)17-8-4-6-14-5-2-3-7-16(14)17/h2-11,13H,12H2,1H3,(H,23,25)/t13-/m0/s1. The van der Waals surface area contributed by atoms with Gasteiger partial charge in [-0.25, -0.2) is 4.79 Å². The van der Waals surface area contributed by atoms with Crippen molar-refractivity contribution in [3.63, 3.8) is 0 Å². The van der Waals surface area contributed by atoms with Crippen molar-refractivity contribution in [2.24, 2.45) is 0 Å². The minimum absolute atomic E-state index is 0.0861. The summed E-state index contributed by atoms with van der Waals surface area (Å²) in [6.45, 7) is 1.44. The highest BCUT2D eigenvalue weighted by atomic mass is 16.5. The van der Waals surface area contributed by atoms with Crippen LogP contribution in [0.4, 0.5) is 5.69 Å². The van der Waals surface area contributed by atoms with Crippen molar-refractivity contribution in [2.75, 3.05) is 11.9 Å². The van der Waals surface area contributed by atoms with E-state index in [2.05, 4.69) is 5.32 Å². The van der Waals surface area contributed by atoms with Crippen molar-refractivity contribution < 1.29 is 19.1 Å². The van der Waals surface area contributed by atoms with Gasteiger partial charge in [-0.05, 0) is 47.5 Å². The molecule has 0 unspecified atom stereocenters. The van der Waals surface area contributed by atoms with Crippen LogP contribution < -0.4 is 5.32 Å². The van der Waals surface area contributed by atoms with Crippen LogP contribution in [0.5, 0.6) is 0 Å². The zero-order valence-electron chi connectivity index (χ0n) is 14.7. The first-order valence-electron chi connectivity index (χ1n) is 8.67. The topological polar surface area (TPSA) is 72.5 Å². The Bertz CT molecular complexity index is 1080. The largest absolute Gasteiger partial charge is 0.454 e. The number of fused-ring (bicyclic) bond motifs is 2. The van der Waals surface area contributed by atoms with E-state index in [1.54, 1.807) is 37.3 Å². The van der Waals surface area contributed by atoms with Gasteiger partial charge in [0.1, 0.15) is 0 Å². The lowest BCUT2D eigenvalue weighted by Crippen LogP contribution is -2.14. The minimum Gasteiger partial charge on any atom is -0.454 e. The minimum atomic E-state index is -0.536. The number of hydrogen-bond acceptors (Lipinski definition) is 4. The number of carbonyl (C=O) groups is 3. The highest BCUT2D eigenvalue weighted by Crippen LogP contribution is 2.32. The van der Waals surface area contributed by atoms with Crippen LogP contribution in [0.2, 0.25) is 0 Å². The number of anilines is 1. The molecule has 0 aromatic heterocycles. The molecule has 0 bridgehead atoms. The summed E-state index contributed by atoms with van der Waals surface area (Å²) in [6.07, 6.45) is 0. The quantitative estimate of drug-likeness (QED) is 0.566. The number of hydrogen-bond donors (Lipinski definition) is 1. The molecule has 0 saturated carbocycles. The molecule has 0 spiro atoms. The maximum absolute atomic E-state index is 12.4. The van der Waals surface area contributed by atoms with Crippen LogP contribution in [0.3, 0.4) is 0 Å². The Morgan fingerprint density at radius 2 is 1.81 bits per heavy atom. The molecule has 0 radical (unpaired) electrons. The lowest BCUT2D eigenvalue weighted by Gasteiger charge is -2.08. The van der Waals surface area contributed by atoms with Gasteiger partial charge in [-0.3, -0.25) is 9.59 Å². The maximum atomic E-state index is 12.4. The van der Waals surface area contributed by atoms with Crippen LogP contribution in [0.1, 0.15) is 39.1 Å². The van der Waals surface area contributed by atoms with E-state index >= 15 is 0 Å². The molecule has 0 aliphatic carbocycles. The molecular formula is C22H17NO4. The Morgan fingerprint density at radius 3 is 2.67 bits per heavy atom. The van der Waals surface area contributed by atoms with Gasteiger partial charge in [-0.15, -0.1) is 0 Å². The summed E-state index contributed by atoms with van der Waals surface area (Å²) in [5, 5.41) is 4.49. The van der Waals surface area contributed by atoms with Gasteiger partial charge in [0, 0.05) is 11.3 Å². The van der Waals surface area contributed by atoms with E-state index in [0.29, 0.717) is 11.1 Å². The second-order valence-corrected chi connectivity index (χ2v) is 6.54. The number of esters is 1.